The first-order valence-electron chi connectivity index (χ1n) is 8.43. The third-order valence-corrected chi connectivity index (χ3v) is 4.69. The van der Waals surface area contributed by atoms with Gasteiger partial charge in [-0.2, -0.15) is 8.42 Å². The molecule has 2 aromatic carbocycles. The smallest absolute Gasteiger partial charge is 0.322 e. The van der Waals surface area contributed by atoms with Crippen LogP contribution < -0.4 is 9.50 Å². The average Bonchev–Trinajstić information content (AvgIpc) is 2.54. The number of halogens is 1. The van der Waals surface area contributed by atoms with Crippen LogP contribution in [0, 0.1) is 5.92 Å². The molecule has 8 heteroatoms. The van der Waals surface area contributed by atoms with E-state index in [0.717, 1.165) is 16.3 Å². The average molecular weight is 455 g/mol. The van der Waals surface area contributed by atoms with Crippen LogP contribution in [0.2, 0.25) is 0 Å². The third-order valence-electron chi connectivity index (χ3n) is 3.51. The van der Waals surface area contributed by atoms with Crippen molar-refractivity contribution < 1.29 is 17.4 Å². The van der Waals surface area contributed by atoms with Crippen molar-refractivity contribution >= 4 is 37.8 Å². The lowest BCUT2D eigenvalue weighted by Gasteiger charge is -2.25. The number of urea groups is 1. The van der Waals surface area contributed by atoms with Gasteiger partial charge in [0.1, 0.15) is 5.75 Å². The summed E-state index contributed by atoms with van der Waals surface area (Å²) in [6, 6.07) is 13.9. The molecular weight excluding hydrogens is 432 g/mol. The highest BCUT2D eigenvalue weighted by atomic mass is 79.9. The van der Waals surface area contributed by atoms with Crippen LogP contribution in [0.3, 0.4) is 0 Å². The number of anilines is 1. The van der Waals surface area contributed by atoms with Crippen LogP contribution in [0.5, 0.6) is 5.75 Å². The molecule has 2 amide bonds. The van der Waals surface area contributed by atoms with Gasteiger partial charge in [-0.05, 0) is 51.7 Å². The van der Waals surface area contributed by atoms with Crippen molar-refractivity contribution in [2.75, 3.05) is 18.1 Å². The van der Waals surface area contributed by atoms with Crippen LogP contribution in [-0.2, 0) is 16.7 Å². The summed E-state index contributed by atoms with van der Waals surface area (Å²) in [5.74, 6) is 0.496. The number of rotatable bonds is 7. The van der Waals surface area contributed by atoms with E-state index in [1.165, 1.54) is 0 Å². The molecule has 0 aliphatic carbocycles. The lowest BCUT2D eigenvalue weighted by molar-refractivity contribution is 0.201. The van der Waals surface area contributed by atoms with Gasteiger partial charge in [-0.25, -0.2) is 4.79 Å². The maximum atomic E-state index is 12.8. The minimum absolute atomic E-state index is 0.228. The van der Waals surface area contributed by atoms with E-state index in [-0.39, 0.29) is 17.7 Å². The summed E-state index contributed by atoms with van der Waals surface area (Å²) in [5.41, 5.74) is 1.46. The molecule has 0 heterocycles. The van der Waals surface area contributed by atoms with Gasteiger partial charge in [-0.15, -0.1) is 0 Å². The molecule has 6 nitrogen and oxygen atoms in total. The SMILES string of the molecule is CC(C)CN(Cc1cccc(OS(C)(=O)=O)c1)C(=O)Nc1ccccc1Br. The fourth-order valence-electron chi connectivity index (χ4n) is 2.51. The number of benzene rings is 2. The molecule has 0 saturated carbocycles. The Morgan fingerprint density at radius 2 is 1.89 bits per heavy atom. The lowest BCUT2D eigenvalue weighted by atomic mass is 10.1. The second-order valence-corrected chi connectivity index (χ2v) is 9.05. The van der Waals surface area contributed by atoms with Crippen molar-refractivity contribution in [1.82, 2.24) is 4.90 Å². The highest BCUT2D eigenvalue weighted by molar-refractivity contribution is 9.10. The quantitative estimate of drug-likeness (QED) is 0.625. The lowest BCUT2D eigenvalue weighted by Crippen LogP contribution is -2.37. The van der Waals surface area contributed by atoms with Crippen LogP contribution in [0.4, 0.5) is 10.5 Å². The Kier molecular flexibility index (Phi) is 7.26. The van der Waals surface area contributed by atoms with E-state index in [2.05, 4.69) is 21.2 Å². The summed E-state index contributed by atoms with van der Waals surface area (Å²) in [5, 5.41) is 2.90. The number of nitrogens with zero attached hydrogens (tertiary/aromatic N) is 1. The first kappa shape index (κ1) is 21.2. The third kappa shape index (κ3) is 7.22. The predicted molar refractivity (Wildman–Crippen MR) is 110 cm³/mol. The number of hydrogen-bond donors (Lipinski definition) is 1. The van der Waals surface area contributed by atoms with Crippen molar-refractivity contribution in [3.05, 3.63) is 58.6 Å². The van der Waals surface area contributed by atoms with Gasteiger partial charge >= 0.3 is 16.1 Å². The summed E-state index contributed by atoms with van der Waals surface area (Å²) in [6.45, 7) is 4.94. The highest BCUT2D eigenvalue weighted by Gasteiger charge is 2.17. The zero-order chi connectivity index (χ0) is 20.0. The first-order valence-corrected chi connectivity index (χ1v) is 11.0. The predicted octanol–water partition coefficient (Wildman–Crippen LogP) is 4.48. The fourth-order valence-corrected chi connectivity index (χ4v) is 3.34. The summed E-state index contributed by atoms with van der Waals surface area (Å²) >= 11 is 3.42. The zero-order valence-corrected chi connectivity index (χ0v) is 17.9. The maximum absolute atomic E-state index is 12.8. The Labute approximate surface area is 168 Å². The van der Waals surface area contributed by atoms with Crippen molar-refractivity contribution in [2.24, 2.45) is 5.92 Å². The van der Waals surface area contributed by atoms with Crippen molar-refractivity contribution in [3.63, 3.8) is 0 Å². The molecular formula is C19H23BrN2O4S. The summed E-state index contributed by atoms with van der Waals surface area (Å²) in [7, 11) is -3.60. The summed E-state index contributed by atoms with van der Waals surface area (Å²) < 4.78 is 28.4. The van der Waals surface area contributed by atoms with E-state index in [4.69, 9.17) is 4.18 Å². The number of amides is 2. The Balaban J connectivity index is 2.18. The summed E-state index contributed by atoms with van der Waals surface area (Å²) in [6.07, 6.45) is 0.996. The van der Waals surface area contributed by atoms with Gasteiger partial charge < -0.3 is 14.4 Å². The van der Waals surface area contributed by atoms with Crippen LogP contribution in [0.15, 0.2) is 53.0 Å². The van der Waals surface area contributed by atoms with Gasteiger partial charge in [-0.1, -0.05) is 38.1 Å². The molecule has 27 heavy (non-hydrogen) atoms. The van der Waals surface area contributed by atoms with E-state index < -0.39 is 10.1 Å². The second kappa shape index (κ2) is 9.23. The van der Waals surface area contributed by atoms with E-state index in [0.29, 0.717) is 18.8 Å². The molecule has 0 saturated heterocycles. The van der Waals surface area contributed by atoms with Crippen LogP contribution in [-0.4, -0.2) is 32.1 Å². The van der Waals surface area contributed by atoms with E-state index in [1.807, 2.05) is 44.2 Å². The van der Waals surface area contributed by atoms with Gasteiger partial charge in [0, 0.05) is 17.6 Å². The minimum atomic E-state index is -3.60. The molecule has 0 bridgehead atoms. The van der Waals surface area contributed by atoms with Crippen LogP contribution in [0.25, 0.3) is 0 Å². The number of carbonyl (C=O) groups is 1. The molecule has 0 aromatic heterocycles. The Morgan fingerprint density at radius 3 is 2.52 bits per heavy atom. The van der Waals surface area contributed by atoms with Crippen molar-refractivity contribution in [2.45, 2.75) is 20.4 Å². The van der Waals surface area contributed by atoms with E-state index >= 15 is 0 Å². The largest absolute Gasteiger partial charge is 0.383 e. The normalized spacial score (nSPS) is 11.3. The van der Waals surface area contributed by atoms with Gasteiger partial charge in [0.2, 0.25) is 0 Å². The van der Waals surface area contributed by atoms with Crippen LogP contribution in [0.1, 0.15) is 19.4 Å². The zero-order valence-electron chi connectivity index (χ0n) is 15.5. The highest BCUT2D eigenvalue weighted by Crippen LogP contribution is 2.22. The second-order valence-electron chi connectivity index (χ2n) is 6.62. The Hall–Kier alpha value is -2.06. The standard InChI is InChI=1S/C19H23BrN2O4S/c1-14(2)12-22(19(23)21-18-10-5-4-9-17(18)20)13-15-7-6-8-16(11-15)26-27(3,24)25/h4-11,14H,12-13H2,1-3H3,(H,21,23). The number of para-hydroxylation sites is 1. The minimum Gasteiger partial charge on any atom is -0.383 e. The fraction of sp³-hybridized carbons (Fsp3) is 0.316. The first-order chi connectivity index (χ1) is 12.6. The van der Waals surface area contributed by atoms with Gasteiger partial charge in [-0.3, -0.25) is 0 Å². The molecule has 2 aromatic rings. The molecule has 0 spiro atoms. The molecule has 0 unspecified atom stereocenters. The van der Waals surface area contributed by atoms with Gasteiger partial charge in [0.15, 0.2) is 0 Å². The van der Waals surface area contributed by atoms with Crippen molar-refractivity contribution in [1.29, 1.82) is 0 Å². The molecule has 0 fully saturated rings. The molecule has 0 atom stereocenters. The molecule has 146 valence electrons. The molecule has 0 aliphatic heterocycles. The number of hydrogen-bond acceptors (Lipinski definition) is 4. The Bertz CT molecular complexity index is 900. The monoisotopic (exact) mass is 454 g/mol. The Morgan fingerprint density at radius 1 is 1.19 bits per heavy atom. The molecule has 1 N–H and O–H groups in total. The topological polar surface area (TPSA) is 75.7 Å². The van der Waals surface area contributed by atoms with Gasteiger partial charge in [0.25, 0.3) is 0 Å². The van der Waals surface area contributed by atoms with E-state index in [1.54, 1.807) is 23.1 Å². The van der Waals surface area contributed by atoms with E-state index in [9.17, 15) is 13.2 Å². The molecule has 0 radical (unpaired) electrons. The number of nitrogens with one attached hydrogen (secondary N) is 1. The van der Waals surface area contributed by atoms with Crippen LogP contribution >= 0.6 is 15.9 Å². The maximum Gasteiger partial charge on any atom is 0.322 e. The van der Waals surface area contributed by atoms with Gasteiger partial charge in [0.05, 0.1) is 11.9 Å². The summed E-state index contributed by atoms with van der Waals surface area (Å²) in [4.78, 5) is 14.5. The number of carbonyl (C=O) groups excluding carboxylic acids is 1. The molecule has 2 rings (SSSR count). The molecule has 0 aliphatic rings. The van der Waals surface area contributed by atoms with Crippen molar-refractivity contribution in [3.8, 4) is 5.75 Å².